The Morgan fingerprint density at radius 3 is 2.46 bits per heavy atom. The summed E-state index contributed by atoms with van der Waals surface area (Å²) >= 11 is 12.6. The van der Waals surface area contributed by atoms with Gasteiger partial charge in [-0.15, -0.1) is 0 Å². The van der Waals surface area contributed by atoms with E-state index in [-0.39, 0.29) is 17.9 Å². The molecule has 2 heterocycles. The third kappa shape index (κ3) is 4.85. The normalized spacial score (nSPS) is 14.0. The number of nitrogens with zero attached hydrogens (tertiary/aromatic N) is 3. The quantitative estimate of drug-likeness (QED) is 0.258. The summed E-state index contributed by atoms with van der Waals surface area (Å²) in [5, 5.41) is 5.33. The molecule has 184 valence electrons. The highest BCUT2D eigenvalue weighted by molar-refractivity contribution is 6.31. The number of rotatable bonds is 6. The number of hydrogen-bond acceptors (Lipinski definition) is 3. The zero-order valence-electron chi connectivity index (χ0n) is 20.2. The summed E-state index contributed by atoms with van der Waals surface area (Å²) in [6.45, 7) is 0. The molecule has 0 radical (unpaired) electrons. The average molecular weight is 527 g/mol. The molecular weight excluding hydrogens is 503 g/mol. The molecule has 1 fully saturated rings. The van der Waals surface area contributed by atoms with Gasteiger partial charge in [0.2, 0.25) is 0 Å². The third-order valence-corrected chi connectivity index (χ3v) is 7.29. The Balaban J connectivity index is 1.55. The number of aryl methyl sites for hydroxylation is 1. The summed E-state index contributed by atoms with van der Waals surface area (Å²) in [7, 11) is 2.00. The first-order chi connectivity index (χ1) is 18.0. The van der Waals surface area contributed by atoms with Crippen molar-refractivity contribution in [2.75, 3.05) is 0 Å². The molecule has 1 atom stereocenters. The van der Waals surface area contributed by atoms with Crippen LogP contribution < -0.4 is 5.32 Å². The monoisotopic (exact) mass is 526 g/mol. The van der Waals surface area contributed by atoms with Crippen LogP contribution in [0.15, 0.2) is 85.3 Å². The Morgan fingerprint density at radius 1 is 0.973 bits per heavy atom. The summed E-state index contributed by atoms with van der Waals surface area (Å²) in [5.41, 5.74) is 6.24. The average Bonchev–Trinajstić information content (AvgIpc) is 3.62. The molecule has 0 spiro atoms. The highest BCUT2D eigenvalue weighted by atomic mass is 35.5. The van der Waals surface area contributed by atoms with Gasteiger partial charge in [0.15, 0.2) is 0 Å². The minimum atomic E-state index is -0.148. The number of halogens is 2. The van der Waals surface area contributed by atoms with Gasteiger partial charge in [-0.3, -0.25) is 4.79 Å². The molecule has 0 aliphatic heterocycles. The van der Waals surface area contributed by atoms with Gasteiger partial charge >= 0.3 is 0 Å². The van der Waals surface area contributed by atoms with Crippen molar-refractivity contribution in [3.8, 4) is 11.1 Å². The van der Waals surface area contributed by atoms with E-state index < -0.39 is 0 Å². The zero-order chi connectivity index (χ0) is 25.5. The Labute approximate surface area is 225 Å². The maximum absolute atomic E-state index is 12.9. The van der Waals surface area contributed by atoms with Crippen molar-refractivity contribution in [1.29, 1.82) is 0 Å². The second-order valence-corrected chi connectivity index (χ2v) is 10.4. The van der Waals surface area contributed by atoms with Crippen LogP contribution in [0.2, 0.25) is 10.0 Å². The molecule has 6 rings (SSSR count). The van der Waals surface area contributed by atoms with E-state index in [1.54, 1.807) is 0 Å². The van der Waals surface area contributed by atoms with Crippen LogP contribution in [0, 0.1) is 0 Å². The van der Waals surface area contributed by atoms with Crippen LogP contribution in [0.3, 0.4) is 0 Å². The van der Waals surface area contributed by atoms with Gasteiger partial charge in [-0.2, -0.15) is 0 Å². The van der Waals surface area contributed by atoms with Crippen molar-refractivity contribution in [3.05, 3.63) is 118 Å². The van der Waals surface area contributed by atoms with Gasteiger partial charge in [0.05, 0.1) is 17.8 Å². The van der Waals surface area contributed by atoms with E-state index in [0.29, 0.717) is 15.7 Å². The molecule has 1 aliphatic carbocycles. The summed E-state index contributed by atoms with van der Waals surface area (Å²) in [6, 6.07) is 24.0. The van der Waals surface area contributed by atoms with Crippen LogP contribution in [-0.4, -0.2) is 26.5 Å². The van der Waals surface area contributed by atoms with Gasteiger partial charge in [0, 0.05) is 40.4 Å². The Hall–Kier alpha value is -3.67. The van der Waals surface area contributed by atoms with Gasteiger partial charge in [-0.25, -0.2) is 9.97 Å². The summed E-state index contributed by atoms with van der Waals surface area (Å²) in [5.74, 6) is -0.218. The number of benzene rings is 3. The molecule has 1 N–H and O–H groups in total. The molecule has 0 saturated heterocycles. The Morgan fingerprint density at radius 2 is 1.76 bits per heavy atom. The van der Waals surface area contributed by atoms with Crippen LogP contribution in [0.4, 0.5) is 0 Å². The number of carbonyl (C=O) groups is 1. The van der Waals surface area contributed by atoms with Crippen molar-refractivity contribution >= 4 is 40.0 Å². The fraction of sp³-hybridized carbons (Fsp3) is 0.167. The second kappa shape index (κ2) is 9.66. The van der Waals surface area contributed by atoms with Gasteiger partial charge in [-0.05, 0) is 77.6 Å². The number of imidazole rings is 1. The third-order valence-electron chi connectivity index (χ3n) is 6.80. The smallest absolute Gasteiger partial charge is 0.270 e. The number of carbonyl (C=O) groups excluding carboxylic acids is 1. The van der Waals surface area contributed by atoms with Crippen molar-refractivity contribution < 1.29 is 4.79 Å². The van der Waals surface area contributed by atoms with Gasteiger partial charge < -0.3 is 9.88 Å². The highest BCUT2D eigenvalue weighted by Gasteiger charge is 2.26. The number of fused-ring (bicyclic) bond motifs is 1. The van der Waals surface area contributed by atoms with Crippen molar-refractivity contribution in [2.24, 2.45) is 7.05 Å². The van der Waals surface area contributed by atoms with E-state index in [1.165, 1.54) is 0 Å². The number of nitrogens with one attached hydrogen (secondary N) is 1. The summed E-state index contributed by atoms with van der Waals surface area (Å²) < 4.78 is 2.03. The van der Waals surface area contributed by atoms with Gasteiger partial charge in [0.1, 0.15) is 5.69 Å². The molecule has 1 unspecified atom stereocenters. The standard InChI is InChI=1S/C30H24Cl2N4O/c1-36-17-33-16-28(36)29(18-5-8-21(31)9-6-18)20-7-12-26-25(14-20)24(19-3-2-4-22(32)13-19)15-27(35-26)30(37)34-23-10-11-23/h2-9,12-17,23,29H,10-11H2,1H3,(H,34,37). The SMILES string of the molecule is Cn1cncc1C(c1ccc(Cl)cc1)c1ccc2nc(C(=O)NC3CC3)cc(-c3cccc(Cl)c3)c2c1. The first-order valence-corrected chi connectivity index (χ1v) is 12.9. The lowest BCUT2D eigenvalue weighted by Gasteiger charge is -2.20. The second-order valence-electron chi connectivity index (χ2n) is 9.50. The molecule has 0 bridgehead atoms. The topological polar surface area (TPSA) is 59.8 Å². The molecule has 1 aliphatic rings. The van der Waals surface area contributed by atoms with E-state index >= 15 is 0 Å². The Bertz CT molecular complexity index is 1620. The lowest BCUT2D eigenvalue weighted by molar-refractivity contribution is 0.0946. The number of aromatic nitrogens is 3. The van der Waals surface area contributed by atoms with E-state index in [0.717, 1.165) is 51.7 Å². The molecule has 1 saturated carbocycles. The van der Waals surface area contributed by atoms with E-state index in [1.807, 2.05) is 84.8 Å². The molecule has 2 aromatic heterocycles. The van der Waals surface area contributed by atoms with Crippen LogP contribution in [0.25, 0.3) is 22.0 Å². The number of hydrogen-bond donors (Lipinski definition) is 1. The highest BCUT2D eigenvalue weighted by Crippen LogP contribution is 2.37. The summed E-state index contributed by atoms with van der Waals surface area (Å²) in [6.07, 6.45) is 5.74. The van der Waals surface area contributed by atoms with Gasteiger partial charge in [-0.1, -0.05) is 53.5 Å². The fourth-order valence-electron chi connectivity index (χ4n) is 4.76. The molecule has 3 aromatic carbocycles. The van der Waals surface area contributed by atoms with Gasteiger partial charge in [0.25, 0.3) is 5.91 Å². The first-order valence-electron chi connectivity index (χ1n) is 12.2. The van der Waals surface area contributed by atoms with E-state index in [2.05, 4.69) is 22.4 Å². The molecule has 5 nitrogen and oxygen atoms in total. The lowest BCUT2D eigenvalue weighted by atomic mass is 9.87. The largest absolute Gasteiger partial charge is 0.348 e. The Kier molecular flexibility index (Phi) is 6.19. The van der Waals surface area contributed by atoms with Crippen molar-refractivity contribution in [2.45, 2.75) is 24.8 Å². The van der Waals surface area contributed by atoms with Crippen LogP contribution >= 0.6 is 23.2 Å². The molecule has 5 aromatic rings. The maximum atomic E-state index is 12.9. The van der Waals surface area contributed by atoms with E-state index in [4.69, 9.17) is 28.2 Å². The number of amides is 1. The molecular formula is C30H24Cl2N4O. The predicted molar refractivity (Wildman–Crippen MR) is 148 cm³/mol. The van der Waals surface area contributed by atoms with E-state index in [9.17, 15) is 4.79 Å². The van der Waals surface area contributed by atoms with Crippen molar-refractivity contribution in [1.82, 2.24) is 19.9 Å². The minimum Gasteiger partial charge on any atom is -0.348 e. The number of pyridine rings is 1. The maximum Gasteiger partial charge on any atom is 0.270 e. The minimum absolute atomic E-state index is 0.0702. The van der Waals surface area contributed by atoms with Crippen LogP contribution in [-0.2, 0) is 7.05 Å². The first kappa shape index (κ1) is 23.7. The lowest BCUT2D eigenvalue weighted by Crippen LogP contribution is -2.26. The molecule has 37 heavy (non-hydrogen) atoms. The predicted octanol–water partition coefficient (Wildman–Crippen LogP) is 7.01. The molecule has 1 amide bonds. The zero-order valence-corrected chi connectivity index (χ0v) is 21.7. The fourth-order valence-corrected chi connectivity index (χ4v) is 5.07. The summed E-state index contributed by atoms with van der Waals surface area (Å²) in [4.78, 5) is 22.1. The van der Waals surface area contributed by atoms with Crippen LogP contribution in [0.5, 0.6) is 0 Å². The molecule has 7 heteroatoms. The van der Waals surface area contributed by atoms with Crippen LogP contribution in [0.1, 0.15) is 46.1 Å². The van der Waals surface area contributed by atoms with Crippen molar-refractivity contribution in [3.63, 3.8) is 0 Å².